The second-order valence-electron chi connectivity index (χ2n) is 4.44. The predicted octanol–water partition coefficient (Wildman–Crippen LogP) is 1.33. The quantitative estimate of drug-likeness (QED) is 0.599. The third-order valence-electron chi connectivity index (χ3n) is 2.73. The highest BCUT2D eigenvalue weighted by atomic mass is 16.6. The van der Waals surface area contributed by atoms with Crippen molar-refractivity contribution in [1.29, 1.82) is 5.26 Å². The highest BCUT2D eigenvalue weighted by molar-refractivity contribution is 5.97. The summed E-state index contributed by atoms with van der Waals surface area (Å²) in [6.07, 6.45) is -0.0491. The molecule has 0 fully saturated rings. The van der Waals surface area contributed by atoms with Gasteiger partial charge in [-0.15, -0.1) is 0 Å². The molecule has 1 rings (SSSR count). The van der Waals surface area contributed by atoms with Gasteiger partial charge in [0.15, 0.2) is 0 Å². The number of carboxylic acid groups (broad SMARTS) is 1. The van der Waals surface area contributed by atoms with E-state index >= 15 is 0 Å². The summed E-state index contributed by atoms with van der Waals surface area (Å²) in [4.78, 5) is 33.0. The summed E-state index contributed by atoms with van der Waals surface area (Å²) < 4.78 is 0. The van der Waals surface area contributed by atoms with Crippen LogP contribution in [0.2, 0.25) is 0 Å². The molecule has 0 aliphatic heterocycles. The van der Waals surface area contributed by atoms with E-state index in [2.05, 4.69) is 5.32 Å². The number of nitrogens with one attached hydrogen (secondary N) is 1. The zero-order valence-electron chi connectivity index (χ0n) is 11.1. The van der Waals surface area contributed by atoms with Gasteiger partial charge in [0, 0.05) is 23.6 Å². The lowest BCUT2D eigenvalue weighted by Crippen LogP contribution is -2.41. The van der Waals surface area contributed by atoms with Crippen LogP contribution in [0.5, 0.6) is 0 Å². The van der Waals surface area contributed by atoms with Gasteiger partial charge < -0.3 is 10.4 Å². The van der Waals surface area contributed by atoms with Gasteiger partial charge in [-0.2, -0.15) is 5.26 Å². The molecule has 1 aromatic rings. The molecule has 110 valence electrons. The highest BCUT2D eigenvalue weighted by Gasteiger charge is 2.23. The Morgan fingerprint density at radius 2 is 2.19 bits per heavy atom. The maximum absolute atomic E-state index is 11.9. The van der Waals surface area contributed by atoms with Crippen LogP contribution in [-0.4, -0.2) is 27.9 Å². The van der Waals surface area contributed by atoms with Gasteiger partial charge in [-0.05, 0) is 19.4 Å². The van der Waals surface area contributed by atoms with Crippen molar-refractivity contribution in [2.45, 2.75) is 19.4 Å². The van der Waals surface area contributed by atoms with Crippen LogP contribution >= 0.6 is 0 Å². The summed E-state index contributed by atoms with van der Waals surface area (Å²) in [6, 6.07) is 5.61. The van der Waals surface area contributed by atoms with Crippen molar-refractivity contribution in [3.8, 4) is 6.07 Å². The Labute approximate surface area is 120 Å². The summed E-state index contributed by atoms with van der Waals surface area (Å²) in [7, 11) is 0. The molecule has 8 heteroatoms. The minimum atomic E-state index is -1.27. The topological polar surface area (TPSA) is 133 Å². The highest BCUT2D eigenvalue weighted by Crippen LogP contribution is 2.14. The lowest BCUT2D eigenvalue weighted by atomic mass is 10.0. The first-order chi connectivity index (χ1) is 9.85. The number of amides is 1. The lowest BCUT2D eigenvalue weighted by molar-refractivity contribution is -0.384. The standard InChI is InChI=1S/C13H13N3O5/c1-8(7-14)5-11(13(18)19)15-12(17)9-3-2-4-10(6-9)16(20)21/h2-4,6,8,11H,5H2,1H3,(H,15,17)(H,18,19)/t8-,11-/m1/s1. The SMILES string of the molecule is C[C@@H](C#N)C[C@@H](NC(=O)c1cccc([N+](=O)[O-])c1)C(=O)O. The van der Waals surface area contributed by atoms with E-state index < -0.39 is 28.8 Å². The van der Waals surface area contributed by atoms with Crippen LogP contribution in [0.4, 0.5) is 5.69 Å². The number of nitriles is 1. The monoisotopic (exact) mass is 291 g/mol. The number of aliphatic carboxylic acids is 1. The van der Waals surface area contributed by atoms with Crippen molar-refractivity contribution < 1.29 is 19.6 Å². The molecule has 21 heavy (non-hydrogen) atoms. The second-order valence-corrected chi connectivity index (χ2v) is 4.44. The van der Waals surface area contributed by atoms with Gasteiger partial charge in [-0.1, -0.05) is 6.07 Å². The molecule has 1 amide bonds. The van der Waals surface area contributed by atoms with Gasteiger partial charge in [0.05, 0.1) is 11.0 Å². The Kier molecular flexibility index (Phi) is 5.37. The molecule has 0 radical (unpaired) electrons. The average Bonchev–Trinajstić information content (AvgIpc) is 2.46. The van der Waals surface area contributed by atoms with Gasteiger partial charge >= 0.3 is 5.97 Å². The van der Waals surface area contributed by atoms with Crippen LogP contribution in [0.15, 0.2) is 24.3 Å². The number of carboxylic acids is 1. The number of nitro benzene ring substituents is 1. The van der Waals surface area contributed by atoms with E-state index in [-0.39, 0.29) is 17.7 Å². The van der Waals surface area contributed by atoms with Crippen molar-refractivity contribution in [3.05, 3.63) is 39.9 Å². The van der Waals surface area contributed by atoms with E-state index in [0.29, 0.717) is 0 Å². The van der Waals surface area contributed by atoms with Crippen LogP contribution < -0.4 is 5.32 Å². The molecule has 0 saturated heterocycles. The Morgan fingerprint density at radius 1 is 1.52 bits per heavy atom. The molecule has 0 aliphatic rings. The summed E-state index contributed by atoms with van der Waals surface area (Å²) in [5, 5.41) is 30.6. The smallest absolute Gasteiger partial charge is 0.326 e. The average molecular weight is 291 g/mol. The minimum Gasteiger partial charge on any atom is -0.480 e. The molecule has 0 bridgehead atoms. The van der Waals surface area contributed by atoms with E-state index in [9.17, 15) is 19.7 Å². The minimum absolute atomic E-state index is 0.0138. The molecule has 0 heterocycles. The molecule has 2 atom stereocenters. The van der Waals surface area contributed by atoms with Gasteiger partial charge in [0.2, 0.25) is 0 Å². The molecule has 0 saturated carbocycles. The molecular weight excluding hydrogens is 278 g/mol. The van der Waals surface area contributed by atoms with Crippen LogP contribution in [0.1, 0.15) is 23.7 Å². The summed E-state index contributed by atoms with van der Waals surface area (Å²) in [5.74, 6) is -2.55. The number of rotatable bonds is 6. The lowest BCUT2D eigenvalue weighted by Gasteiger charge is -2.15. The fourth-order valence-electron chi connectivity index (χ4n) is 1.63. The number of carbonyl (C=O) groups is 2. The van der Waals surface area contributed by atoms with E-state index in [1.807, 2.05) is 6.07 Å². The largest absolute Gasteiger partial charge is 0.480 e. The predicted molar refractivity (Wildman–Crippen MR) is 71.4 cm³/mol. The first-order valence-corrected chi connectivity index (χ1v) is 6.03. The Bertz CT molecular complexity index is 608. The Morgan fingerprint density at radius 3 is 2.71 bits per heavy atom. The summed E-state index contributed by atoms with van der Waals surface area (Å²) in [6.45, 7) is 1.54. The molecule has 2 N–H and O–H groups in total. The van der Waals surface area contributed by atoms with Crippen molar-refractivity contribution in [1.82, 2.24) is 5.32 Å². The molecule has 0 spiro atoms. The third kappa shape index (κ3) is 4.58. The number of hydrogen-bond donors (Lipinski definition) is 2. The van der Waals surface area contributed by atoms with Crippen molar-refractivity contribution in [2.75, 3.05) is 0 Å². The second kappa shape index (κ2) is 7.00. The van der Waals surface area contributed by atoms with Crippen LogP contribution in [0, 0.1) is 27.4 Å². The molecule has 0 unspecified atom stereocenters. The summed E-state index contributed by atoms with van der Waals surface area (Å²) in [5.41, 5.74) is -0.278. The number of hydrogen-bond acceptors (Lipinski definition) is 5. The Balaban J connectivity index is 2.87. The first-order valence-electron chi connectivity index (χ1n) is 6.03. The van der Waals surface area contributed by atoms with Gasteiger partial charge in [0.1, 0.15) is 6.04 Å². The maximum atomic E-state index is 11.9. The van der Waals surface area contributed by atoms with Gasteiger partial charge in [-0.25, -0.2) is 4.79 Å². The summed E-state index contributed by atoms with van der Waals surface area (Å²) >= 11 is 0. The van der Waals surface area contributed by atoms with Crippen LogP contribution in [0.3, 0.4) is 0 Å². The van der Waals surface area contributed by atoms with Crippen LogP contribution in [0.25, 0.3) is 0 Å². The molecular formula is C13H13N3O5. The van der Waals surface area contributed by atoms with E-state index in [1.165, 1.54) is 25.1 Å². The maximum Gasteiger partial charge on any atom is 0.326 e. The van der Waals surface area contributed by atoms with E-state index in [1.54, 1.807) is 0 Å². The zero-order valence-corrected chi connectivity index (χ0v) is 11.1. The van der Waals surface area contributed by atoms with Crippen molar-refractivity contribution in [2.24, 2.45) is 5.92 Å². The fraction of sp³-hybridized carbons (Fsp3) is 0.308. The Hall–Kier alpha value is -2.95. The fourth-order valence-corrected chi connectivity index (χ4v) is 1.63. The molecule has 0 aromatic heterocycles. The third-order valence-corrected chi connectivity index (χ3v) is 2.73. The number of nitrogens with zero attached hydrogens (tertiary/aromatic N) is 2. The van der Waals surface area contributed by atoms with Crippen LogP contribution in [-0.2, 0) is 4.79 Å². The van der Waals surface area contributed by atoms with E-state index in [4.69, 9.17) is 10.4 Å². The first kappa shape index (κ1) is 16.1. The van der Waals surface area contributed by atoms with Crippen molar-refractivity contribution in [3.63, 3.8) is 0 Å². The molecule has 8 nitrogen and oxygen atoms in total. The molecule has 0 aliphatic carbocycles. The zero-order chi connectivity index (χ0) is 16.0. The van der Waals surface area contributed by atoms with E-state index in [0.717, 1.165) is 6.07 Å². The van der Waals surface area contributed by atoms with Crippen molar-refractivity contribution >= 4 is 17.6 Å². The number of non-ortho nitro benzene ring substituents is 1. The number of benzene rings is 1. The molecule has 1 aromatic carbocycles. The van der Waals surface area contributed by atoms with Gasteiger partial charge in [-0.3, -0.25) is 14.9 Å². The number of nitro groups is 1. The number of carbonyl (C=O) groups excluding carboxylic acids is 1. The van der Waals surface area contributed by atoms with Gasteiger partial charge in [0.25, 0.3) is 11.6 Å². The normalized spacial score (nSPS) is 12.8.